The van der Waals surface area contributed by atoms with Crippen molar-refractivity contribution in [2.45, 2.75) is 63.9 Å². The number of anilines is 1. The molecule has 44 heavy (non-hydrogen) atoms. The van der Waals surface area contributed by atoms with Gasteiger partial charge in [-0.3, -0.25) is 4.79 Å². The number of hydrogen-bond donors (Lipinski definition) is 2. The van der Waals surface area contributed by atoms with Gasteiger partial charge < -0.3 is 29.6 Å². The highest BCUT2D eigenvalue weighted by atomic mass is 19.4. The van der Waals surface area contributed by atoms with Crippen LogP contribution in [0.1, 0.15) is 44.6 Å². The molecule has 0 bridgehead atoms. The molecule has 1 aromatic carbocycles. The average molecular weight is 642 g/mol. The molecule has 0 saturated carbocycles. The minimum absolute atomic E-state index is 0.264. The number of rotatable bonds is 5. The number of carbonyl (C=O) groups is 3. The Bertz CT molecular complexity index is 1060. The highest BCUT2D eigenvalue weighted by Crippen LogP contribution is 2.42. The van der Waals surface area contributed by atoms with E-state index in [-0.39, 0.29) is 5.91 Å². The SMILES string of the molecule is CC1CCCN(CC2CC3(CCN(C(=O)Cc4ccc(N(C)C)cc4)CC3)CO2)C1.O=C(O)C(F)(F)F.O=C(O)C(F)(F)F. The third-order valence-corrected chi connectivity index (χ3v) is 7.96. The number of likely N-dealkylation sites (tertiary alicyclic amines) is 2. The standard InChI is InChI=1S/C25H39N3O2.2C2HF3O2/c1-20-5-4-12-27(17-20)18-23-16-25(19-30-23)10-13-28(14-11-25)24(29)15-21-6-8-22(9-7-21)26(2)3;2*3-2(4,5)1(6)7/h6-9,20,23H,4-5,10-19H2,1-3H3;2*(H,6,7). The van der Waals surface area contributed by atoms with E-state index in [1.54, 1.807) is 0 Å². The summed E-state index contributed by atoms with van der Waals surface area (Å²) >= 11 is 0. The van der Waals surface area contributed by atoms with Crippen molar-refractivity contribution >= 4 is 23.5 Å². The molecule has 1 spiro atoms. The summed E-state index contributed by atoms with van der Waals surface area (Å²) in [7, 11) is 4.07. The number of halogens is 6. The van der Waals surface area contributed by atoms with Crippen LogP contribution >= 0.6 is 0 Å². The van der Waals surface area contributed by atoms with Crippen molar-refractivity contribution < 1.29 is 55.7 Å². The first-order chi connectivity index (χ1) is 20.3. The summed E-state index contributed by atoms with van der Waals surface area (Å²) in [6.07, 6.45) is -3.23. The highest BCUT2D eigenvalue weighted by Gasteiger charge is 2.43. The fourth-order valence-corrected chi connectivity index (χ4v) is 5.53. The van der Waals surface area contributed by atoms with E-state index in [1.165, 1.54) is 38.0 Å². The lowest BCUT2D eigenvalue weighted by molar-refractivity contribution is -0.193. The smallest absolute Gasteiger partial charge is 0.475 e. The number of carboxylic acids is 2. The summed E-state index contributed by atoms with van der Waals surface area (Å²) < 4.78 is 69.7. The zero-order valence-electron chi connectivity index (χ0n) is 25.1. The van der Waals surface area contributed by atoms with Gasteiger partial charge in [-0.15, -0.1) is 0 Å². The molecule has 3 aliphatic rings. The Morgan fingerprint density at radius 2 is 1.48 bits per heavy atom. The average Bonchev–Trinajstić information content (AvgIpc) is 3.30. The Kier molecular flexibility index (Phi) is 13.3. The van der Waals surface area contributed by atoms with Gasteiger partial charge >= 0.3 is 24.3 Å². The number of piperidine rings is 2. The molecule has 3 fully saturated rings. The maximum absolute atomic E-state index is 12.8. The number of carboxylic acid groups (broad SMARTS) is 2. The van der Waals surface area contributed by atoms with Crippen molar-refractivity contribution in [1.82, 2.24) is 9.80 Å². The van der Waals surface area contributed by atoms with Gasteiger partial charge in [0.05, 0.1) is 19.1 Å². The van der Waals surface area contributed by atoms with Crippen LogP contribution in [-0.4, -0.2) is 110 Å². The molecule has 0 aromatic heterocycles. The highest BCUT2D eigenvalue weighted by molar-refractivity contribution is 5.79. The van der Waals surface area contributed by atoms with E-state index in [0.717, 1.165) is 50.6 Å². The second-order valence-corrected chi connectivity index (χ2v) is 11.9. The molecule has 1 amide bonds. The molecule has 3 aliphatic heterocycles. The van der Waals surface area contributed by atoms with Gasteiger partial charge in [0.2, 0.25) is 5.91 Å². The van der Waals surface area contributed by atoms with E-state index in [1.807, 2.05) is 14.1 Å². The molecule has 0 radical (unpaired) electrons. The zero-order valence-corrected chi connectivity index (χ0v) is 25.1. The zero-order chi connectivity index (χ0) is 33.3. The minimum atomic E-state index is -5.08. The van der Waals surface area contributed by atoms with Crippen molar-refractivity contribution in [2.75, 3.05) is 58.3 Å². The third-order valence-electron chi connectivity index (χ3n) is 7.96. The van der Waals surface area contributed by atoms with Crippen molar-refractivity contribution in [1.29, 1.82) is 0 Å². The Morgan fingerprint density at radius 1 is 0.955 bits per heavy atom. The number of hydrogen-bond acceptors (Lipinski definition) is 6. The van der Waals surface area contributed by atoms with Gasteiger partial charge in [0.25, 0.3) is 0 Å². The molecule has 2 N–H and O–H groups in total. The second kappa shape index (κ2) is 15.8. The Balaban J connectivity index is 0.000000402. The summed E-state index contributed by atoms with van der Waals surface area (Å²) in [4.78, 5) is 37.4. The maximum Gasteiger partial charge on any atom is 0.490 e. The van der Waals surface area contributed by atoms with Crippen LogP contribution in [0.2, 0.25) is 0 Å². The maximum atomic E-state index is 12.8. The van der Waals surface area contributed by atoms with E-state index in [2.05, 4.69) is 45.9 Å². The van der Waals surface area contributed by atoms with Crippen LogP contribution in [0.4, 0.5) is 32.0 Å². The second-order valence-electron chi connectivity index (χ2n) is 11.9. The van der Waals surface area contributed by atoms with Gasteiger partial charge in [-0.05, 0) is 67.7 Å². The van der Waals surface area contributed by atoms with Gasteiger partial charge in [0.1, 0.15) is 0 Å². The number of benzene rings is 1. The number of ether oxygens (including phenoxy) is 1. The van der Waals surface area contributed by atoms with Crippen LogP contribution in [0, 0.1) is 11.3 Å². The van der Waals surface area contributed by atoms with E-state index in [4.69, 9.17) is 24.5 Å². The molecule has 4 rings (SSSR count). The lowest BCUT2D eigenvalue weighted by atomic mass is 9.76. The molecule has 2 atom stereocenters. The summed E-state index contributed by atoms with van der Waals surface area (Å²) in [5.41, 5.74) is 2.57. The van der Waals surface area contributed by atoms with Crippen LogP contribution in [-0.2, 0) is 25.5 Å². The molecule has 2 unspecified atom stereocenters. The van der Waals surface area contributed by atoms with Gasteiger partial charge in [-0.25, -0.2) is 9.59 Å². The van der Waals surface area contributed by atoms with Gasteiger partial charge in [0.15, 0.2) is 0 Å². The summed E-state index contributed by atoms with van der Waals surface area (Å²) in [6.45, 7) is 8.57. The van der Waals surface area contributed by atoms with Crippen molar-refractivity contribution in [3.8, 4) is 0 Å². The van der Waals surface area contributed by atoms with Crippen molar-refractivity contribution in [2.24, 2.45) is 11.3 Å². The number of amides is 1. The first kappa shape index (κ1) is 37.1. The number of aliphatic carboxylic acids is 2. The Hall–Kier alpha value is -3.07. The first-order valence-corrected chi connectivity index (χ1v) is 14.3. The van der Waals surface area contributed by atoms with Gasteiger partial charge in [-0.1, -0.05) is 19.1 Å². The van der Waals surface area contributed by atoms with Crippen molar-refractivity contribution in [3.63, 3.8) is 0 Å². The predicted octanol–water partition coefficient (Wildman–Crippen LogP) is 4.69. The topological polar surface area (TPSA) is 111 Å². The van der Waals surface area contributed by atoms with Gasteiger partial charge in [0, 0.05) is 46.0 Å². The summed E-state index contributed by atoms with van der Waals surface area (Å²) in [6, 6.07) is 8.34. The Labute approximate surface area is 252 Å². The van der Waals surface area contributed by atoms with Crippen LogP contribution in [0.15, 0.2) is 24.3 Å². The summed E-state index contributed by atoms with van der Waals surface area (Å²) in [5, 5.41) is 14.2. The van der Waals surface area contributed by atoms with E-state index in [0.29, 0.717) is 17.9 Å². The normalized spacial score (nSPS) is 21.9. The predicted molar refractivity (Wildman–Crippen MR) is 149 cm³/mol. The monoisotopic (exact) mass is 641 g/mol. The first-order valence-electron chi connectivity index (χ1n) is 14.3. The van der Waals surface area contributed by atoms with Crippen molar-refractivity contribution in [3.05, 3.63) is 29.8 Å². The molecule has 3 saturated heterocycles. The molecular formula is C29H41F6N3O6. The third kappa shape index (κ3) is 12.1. The molecule has 1 aromatic rings. The van der Waals surface area contributed by atoms with Crippen LogP contribution in [0.5, 0.6) is 0 Å². The number of alkyl halides is 6. The summed E-state index contributed by atoms with van der Waals surface area (Å²) in [5.74, 6) is -4.43. The molecule has 15 heteroatoms. The fourth-order valence-electron chi connectivity index (χ4n) is 5.53. The molecule has 9 nitrogen and oxygen atoms in total. The van der Waals surface area contributed by atoms with Crippen LogP contribution in [0.3, 0.4) is 0 Å². The van der Waals surface area contributed by atoms with E-state index < -0.39 is 24.3 Å². The quantitative estimate of drug-likeness (QED) is 0.446. The fraction of sp³-hybridized carbons (Fsp3) is 0.690. The van der Waals surface area contributed by atoms with E-state index >= 15 is 0 Å². The molecule has 3 heterocycles. The number of carbonyl (C=O) groups excluding carboxylic acids is 1. The largest absolute Gasteiger partial charge is 0.490 e. The molecular weight excluding hydrogens is 600 g/mol. The lowest BCUT2D eigenvalue weighted by Gasteiger charge is -2.39. The lowest BCUT2D eigenvalue weighted by Crippen LogP contribution is -2.44. The van der Waals surface area contributed by atoms with Crippen LogP contribution < -0.4 is 4.90 Å². The van der Waals surface area contributed by atoms with Gasteiger partial charge in [-0.2, -0.15) is 26.3 Å². The number of nitrogens with zero attached hydrogens (tertiary/aromatic N) is 3. The minimum Gasteiger partial charge on any atom is -0.475 e. The van der Waals surface area contributed by atoms with E-state index in [9.17, 15) is 31.1 Å². The Morgan fingerprint density at radius 3 is 1.93 bits per heavy atom. The molecule has 250 valence electrons. The molecule has 0 aliphatic carbocycles. The van der Waals surface area contributed by atoms with Crippen LogP contribution in [0.25, 0.3) is 0 Å².